The lowest BCUT2D eigenvalue weighted by molar-refractivity contribution is 0.151. The van der Waals surface area contributed by atoms with Crippen LogP contribution in [0.5, 0.6) is 0 Å². The van der Waals surface area contributed by atoms with Crippen molar-refractivity contribution >= 4 is 6.08 Å². The van der Waals surface area contributed by atoms with Gasteiger partial charge in [-0.1, -0.05) is 69.7 Å². The van der Waals surface area contributed by atoms with Gasteiger partial charge in [0.05, 0.1) is 0 Å². The van der Waals surface area contributed by atoms with Crippen LogP contribution in [0.15, 0.2) is 18.2 Å². The molecule has 0 nitrogen and oxygen atoms in total. The highest BCUT2D eigenvalue weighted by Gasteiger charge is 2.30. The fourth-order valence-electron chi connectivity index (χ4n) is 5.47. The van der Waals surface area contributed by atoms with Gasteiger partial charge in [0.2, 0.25) is 0 Å². The van der Waals surface area contributed by atoms with Crippen molar-refractivity contribution in [2.45, 2.75) is 90.9 Å². The topological polar surface area (TPSA) is 0 Å². The molecule has 1 aromatic rings. The Labute approximate surface area is 170 Å². The second-order valence-corrected chi connectivity index (χ2v) is 9.41. The molecule has 2 fully saturated rings. The van der Waals surface area contributed by atoms with Crippen molar-refractivity contribution in [3.63, 3.8) is 0 Å². The highest BCUT2D eigenvalue weighted by Crippen LogP contribution is 2.42. The van der Waals surface area contributed by atoms with Gasteiger partial charge in [-0.3, -0.25) is 0 Å². The lowest BCUT2D eigenvalue weighted by atomic mass is 9.68. The van der Waals surface area contributed by atoms with Gasteiger partial charge < -0.3 is 0 Å². The van der Waals surface area contributed by atoms with Gasteiger partial charge in [0.1, 0.15) is 0 Å². The molecule has 0 heterocycles. The smallest absolute Gasteiger partial charge is 0.166 e. The van der Waals surface area contributed by atoms with Crippen molar-refractivity contribution in [3.05, 3.63) is 41.0 Å². The number of hydrogen-bond acceptors (Lipinski definition) is 0. The number of allylic oxidation sites excluding steroid dienone is 1. The molecule has 2 aliphatic rings. The normalized spacial score (nSPS) is 28.7. The Hall–Kier alpha value is -1.18. The van der Waals surface area contributed by atoms with E-state index in [-0.39, 0.29) is 0 Å². The summed E-state index contributed by atoms with van der Waals surface area (Å²) in [6, 6.07) is 3.35. The Bertz CT molecular complexity index is 632. The summed E-state index contributed by atoms with van der Waals surface area (Å²) in [6.45, 7) is 3.89. The first-order chi connectivity index (χ1) is 13.6. The van der Waals surface area contributed by atoms with Crippen LogP contribution >= 0.6 is 0 Å². The summed E-state index contributed by atoms with van der Waals surface area (Å²) in [5.74, 6) is 1.93. The Morgan fingerprint density at radius 1 is 0.857 bits per heavy atom. The highest BCUT2D eigenvalue weighted by atomic mass is 19.2. The molecule has 1 aromatic carbocycles. The van der Waals surface area contributed by atoms with Crippen LogP contribution in [0.4, 0.5) is 8.78 Å². The molecule has 2 heteroatoms. The zero-order valence-corrected chi connectivity index (χ0v) is 17.9. The molecule has 0 radical (unpaired) electrons. The van der Waals surface area contributed by atoms with E-state index in [1.54, 1.807) is 25.1 Å². The van der Waals surface area contributed by atoms with Gasteiger partial charge in [-0.2, -0.15) is 0 Å². The molecule has 0 aromatic heterocycles. The molecule has 0 amide bonds. The van der Waals surface area contributed by atoms with Crippen LogP contribution in [-0.4, -0.2) is 0 Å². The fourth-order valence-corrected chi connectivity index (χ4v) is 5.47. The largest absolute Gasteiger partial charge is 0.203 e. The lowest BCUT2D eigenvalue weighted by Gasteiger charge is -2.37. The highest BCUT2D eigenvalue weighted by molar-refractivity contribution is 5.51. The van der Waals surface area contributed by atoms with Crippen molar-refractivity contribution in [1.29, 1.82) is 0 Å². The van der Waals surface area contributed by atoms with E-state index in [0.29, 0.717) is 17.0 Å². The van der Waals surface area contributed by atoms with E-state index in [9.17, 15) is 8.78 Å². The van der Waals surface area contributed by atoms with Gasteiger partial charge in [0.15, 0.2) is 11.6 Å². The van der Waals surface area contributed by atoms with Crippen LogP contribution in [-0.2, 0) is 0 Å². The van der Waals surface area contributed by atoms with Gasteiger partial charge in [-0.25, -0.2) is 8.78 Å². The first kappa shape index (κ1) is 21.5. The second kappa shape index (κ2) is 10.6. The average molecular weight is 389 g/mol. The van der Waals surface area contributed by atoms with Crippen molar-refractivity contribution in [1.82, 2.24) is 0 Å². The molecule has 156 valence electrons. The number of halogens is 2. The van der Waals surface area contributed by atoms with Crippen LogP contribution in [0.3, 0.4) is 0 Å². The lowest BCUT2D eigenvalue weighted by Crippen LogP contribution is -2.25. The Kier molecular flexibility index (Phi) is 8.11. The van der Waals surface area contributed by atoms with E-state index in [1.807, 2.05) is 0 Å². The van der Waals surface area contributed by atoms with E-state index in [4.69, 9.17) is 0 Å². The number of benzene rings is 1. The Morgan fingerprint density at radius 3 is 2.14 bits per heavy atom. The monoisotopic (exact) mass is 388 g/mol. The summed E-state index contributed by atoms with van der Waals surface area (Å²) < 4.78 is 27.7. The third kappa shape index (κ3) is 5.67. The summed E-state index contributed by atoms with van der Waals surface area (Å²) in [7, 11) is 0. The van der Waals surface area contributed by atoms with Gasteiger partial charge in [0, 0.05) is 5.56 Å². The third-order valence-corrected chi connectivity index (χ3v) is 7.44. The Morgan fingerprint density at radius 2 is 1.50 bits per heavy atom. The molecular weight excluding hydrogens is 350 g/mol. The minimum Gasteiger partial charge on any atom is -0.203 e. The molecule has 28 heavy (non-hydrogen) atoms. The minimum absolute atomic E-state index is 0.371. The number of aryl methyl sites for hydroxylation is 1. The van der Waals surface area contributed by atoms with Crippen molar-refractivity contribution in [2.75, 3.05) is 0 Å². The van der Waals surface area contributed by atoms with E-state index >= 15 is 0 Å². The molecule has 0 N–H and O–H groups in total. The summed E-state index contributed by atoms with van der Waals surface area (Å²) in [6.07, 6.45) is 20.3. The molecule has 0 atom stereocenters. The van der Waals surface area contributed by atoms with Gasteiger partial charge >= 0.3 is 0 Å². The maximum Gasteiger partial charge on any atom is 0.166 e. The maximum atomic E-state index is 14.0. The van der Waals surface area contributed by atoms with Crippen molar-refractivity contribution in [3.8, 4) is 0 Å². The van der Waals surface area contributed by atoms with Gasteiger partial charge in [0.25, 0.3) is 0 Å². The van der Waals surface area contributed by atoms with E-state index in [0.717, 1.165) is 17.8 Å². The zero-order valence-electron chi connectivity index (χ0n) is 17.9. The van der Waals surface area contributed by atoms with Crippen LogP contribution < -0.4 is 0 Å². The van der Waals surface area contributed by atoms with Crippen LogP contribution in [0, 0.1) is 42.2 Å². The first-order valence-corrected chi connectivity index (χ1v) is 11.7. The van der Waals surface area contributed by atoms with Crippen LogP contribution in [0.1, 0.15) is 95.1 Å². The van der Waals surface area contributed by atoms with E-state index in [1.165, 1.54) is 77.0 Å². The molecule has 0 unspecified atom stereocenters. The summed E-state index contributed by atoms with van der Waals surface area (Å²) in [5, 5.41) is 0. The number of rotatable bonds is 7. The molecule has 2 aliphatic carbocycles. The predicted molar refractivity (Wildman–Crippen MR) is 115 cm³/mol. The van der Waals surface area contributed by atoms with Gasteiger partial charge in [-0.15, -0.1) is 0 Å². The third-order valence-electron chi connectivity index (χ3n) is 7.44. The fraction of sp³-hybridized carbons (Fsp3) is 0.692. The maximum absolute atomic E-state index is 14.0. The van der Waals surface area contributed by atoms with Crippen LogP contribution in [0.2, 0.25) is 0 Å². The summed E-state index contributed by atoms with van der Waals surface area (Å²) in [5.41, 5.74) is 0.752. The summed E-state index contributed by atoms with van der Waals surface area (Å²) in [4.78, 5) is 0. The first-order valence-electron chi connectivity index (χ1n) is 11.7. The van der Waals surface area contributed by atoms with E-state index < -0.39 is 11.6 Å². The van der Waals surface area contributed by atoms with Gasteiger partial charge in [-0.05, 0) is 74.7 Å². The molecule has 0 bridgehead atoms. The Balaban J connectivity index is 1.42. The van der Waals surface area contributed by atoms with E-state index in [2.05, 4.69) is 13.0 Å². The number of unbranched alkanes of at least 4 members (excludes halogenated alkanes) is 2. The second-order valence-electron chi connectivity index (χ2n) is 9.41. The molecule has 2 saturated carbocycles. The summed E-state index contributed by atoms with van der Waals surface area (Å²) >= 11 is 0. The minimum atomic E-state index is -0.712. The SMILES string of the molecule is CCCCCC1CCC(C2CCC(C=Cc3ccc(C)c(F)c3F)CC2)CC1. The van der Waals surface area contributed by atoms with Crippen molar-refractivity contribution < 1.29 is 8.78 Å². The van der Waals surface area contributed by atoms with Crippen LogP contribution in [0.25, 0.3) is 6.08 Å². The van der Waals surface area contributed by atoms with Crippen molar-refractivity contribution in [2.24, 2.45) is 23.7 Å². The predicted octanol–water partition coefficient (Wildman–Crippen LogP) is 8.48. The zero-order chi connectivity index (χ0) is 19.9. The molecule has 0 spiro atoms. The standard InChI is InChI=1S/C26H38F2/c1-3-4-5-6-20-8-14-22(15-9-20)23-16-10-21(11-17-23)12-18-24-13-7-19(2)25(27)26(24)28/h7,12-13,18,20-23H,3-6,8-11,14-17H2,1-2H3. The average Bonchev–Trinajstić information content (AvgIpc) is 2.73. The quantitative estimate of drug-likeness (QED) is 0.411. The number of hydrogen-bond donors (Lipinski definition) is 0. The molecule has 0 saturated heterocycles. The molecule has 0 aliphatic heterocycles. The molecular formula is C26H38F2. The molecule has 3 rings (SSSR count).